The summed E-state index contributed by atoms with van der Waals surface area (Å²) in [5.74, 6) is 1.50. The Morgan fingerprint density at radius 1 is 1.57 bits per heavy atom. The third-order valence-electron chi connectivity index (χ3n) is 2.22. The highest BCUT2D eigenvalue weighted by atomic mass is 16.5. The Morgan fingerprint density at radius 2 is 2.36 bits per heavy atom. The van der Waals surface area contributed by atoms with Crippen molar-refractivity contribution in [1.29, 1.82) is 5.26 Å². The molecule has 1 heterocycles. The van der Waals surface area contributed by atoms with Crippen LogP contribution >= 0.6 is 0 Å². The van der Waals surface area contributed by atoms with Crippen molar-refractivity contribution in [2.45, 2.75) is 19.8 Å². The molecule has 0 bridgehead atoms. The van der Waals surface area contributed by atoms with Crippen molar-refractivity contribution in [3.05, 3.63) is 23.5 Å². The van der Waals surface area contributed by atoms with Crippen molar-refractivity contribution in [3.8, 4) is 11.8 Å². The number of aromatic nitrogens is 1. The van der Waals surface area contributed by atoms with Gasteiger partial charge in [0.2, 0.25) is 0 Å². The first-order chi connectivity index (χ1) is 6.78. The van der Waals surface area contributed by atoms with Gasteiger partial charge in [-0.05, 0) is 25.7 Å². The predicted molar refractivity (Wildman–Crippen MR) is 51.9 cm³/mol. The normalized spacial score (nSPS) is 14.9. The van der Waals surface area contributed by atoms with Crippen molar-refractivity contribution in [2.24, 2.45) is 5.92 Å². The summed E-state index contributed by atoms with van der Waals surface area (Å²) in [7, 11) is 0. The third-order valence-corrected chi connectivity index (χ3v) is 2.22. The van der Waals surface area contributed by atoms with Gasteiger partial charge >= 0.3 is 0 Å². The molecule has 1 fully saturated rings. The number of nitrogens with zero attached hydrogens (tertiary/aromatic N) is 2. The number of aryl methyl sites for hydroxylation is 1. The summed E-state index contributed by atoms with van der Waals surface area (Å²) in [5, 5.41) is 8.71. The number of ether oxygens (including phenoxy) is 1. The minimum atomic E-state index is 0.427. The van der Waals surface area contributed by atoms with Crippen LogP contribution in [0.2, 0.25) is 0 Å². The van der Waals surface area contributed by atoms with Crippen LogP contribution in [-0.4, -0.2) is 11.6 Å². The molecule has 3 heteroatoms. The van der Waals surface area contributed by atoms with Crippen LogP contribution in [0.1, 0.15) is 24.2 Å². The Hall–Kier alpha value is -1.56. The van der Waals surface area contributed by atoms with Gasteiger partial charge < -0.3 is 4.74 Å². The molecule has 0 N–H and O–H groups in total. The number of hydrogen-bond acceptors (Lipinski definition) is 3. The van der Waals surface area contributed by atoms with Gasteiger partial charge in [0.1, 0.15) is 17.5 Å². The van der Waals surface area contributed by atoms with E-state index in [1.165, 1.54) is 12.8 Å². The smallest absolute Gasteiger partial charge is 0.144 e. The summed E-state index contributed by atoms with van der Waals surface area (Å²) in [6, 6.07) is 5.57. The Bertz CT molecular complexity index is 377. The second-order valence-corrected chi connectivity index (χ2v) is 3.70. The Kier molecular flexibility index (Phi) is 2.36. The van der Waals surface area contributed by atoms with Gasteiger partial charge in [-0.2, -0.15) is 5.26 Å². The minimum absolute atomic E-state index is 0.427. The number of nitriles is 1. The maximum atomic E-state index is 8.71. The molecule has 0 spiro atoms. The van der Waals surface area contributed by atoms with Gasteiger partial charge in [-0.25, -0.2) is 4.98 Å². The van der Waals surface area contributed by atoms with Gasteiger partial charge in [0, 0.05) is 17.8 Å². The van der Waals surface area contributed by atoms with Gasteiger partial charge in [-0.15, -0.1) is 0 Å². The highest BCUT2D eigenvalue weighted by Gasteiger charge is 2.21. The molecule has 1 aromatic rings. The van der Waals surface area contributed by atoms with Crippen LogP contribution in [0.4, 0.5) is 0 Å². The van der Waals surface area contributed by atoms with Gasteiger partial charge in [0.05, 0.1) is 6.61 Å². The lowest BCUT2D eigenvalue weighted by molar-refractivity contribution is 0.299. The van der Waals surface area contributed by atoms with Crippen molar-refractivity contribution in [3.63, 3.8) is 0 Å². The van der Waals surface area contributed by atoms with Gasteiger partial charge in [-0.3, -0.25) is 0 Å². The van der Waals surface area contributed by atoms with Crippen molar-refractivity contribution in [1.82, 2.24) is 4.98 Å². The highest BCUT2D eigenvalue weighted by molar-refractivity contribution is 5.32. The minimum Gasteiger partial charge on any atom is -0.493 e. The quantitative estimate of drug-likeness (QED) is 0.729. The first-order valence-corrected chi connectivity index (χ1v) is 4.79. The molecule has 1 aromatic heterocycles. The predicted octanol–water partition coefficient (Wildman–Crippen LogP) is 2.05. The molecule has 0 saturated heterocycles. The third kappa shape index (κ3) is 2.23. The SMILES string of the molecule is Cc1cc(OCC2CC2)cc(C#N)n1. The van der Waals surface area contributed by atoms with Crippen LogP contribution in [0.15, 0.2) is 12.1 Å². The molecule has 3 nitrogen and oxygen atoms in total. The largest absolute Gasteiger partial charge is 0.493 e. The Balaban J connectivity index is 2.07. The lowest BCUT2D eigenvalue weighted by Gasteiger charge is -2.05. The van der Waals surface area contributed by atoms with Crippen LogP contribution in [0.25, 0.3) is 0 Å². The zero-order chi connectivity index (χ0) is 9.97. The van der Waals surface area contributed by atoms with Crippen LogP contribution in [0, 0.1) is 24.2 Å². The van der Waals surface area contributed by atoms with E-state index < -0.39 is 0 Å². The monoisotopic (exact) mass is 188 g/mol. The maximum absolute atomic E-state index is 8.71. The zero-order valence-electron chi connectivity index (χ0n) is 8.16. The standard InChI is InChI=1S/C11H12N2O/c1-8-4-11(5-10(6-12)13-8)14-7-9-2-3-9/h4-5,9H,2-3,7H2,1H3. The fourth-order valence-corrected chi connectivity index (χ4v) is 1.28. The number of hydrogen-bond donors (Lipinski definition) is 0. The van der Waals surface area contributed by atoms with E-state index in [0.717, 1.165) is 24.0 Å². The average molecular weight is 188 g/mol. The van der Waals surface area contributed by atoms with E-state index in [1.54, 1.807) is 6.07 Å². The molecular formula is C11H12N2O. The Morgan fingerprint density at radius 3 is 3.00 bits per heavy atom. The second kappa shape index (κ2) is 3.67. The second-order valence-electron chi connectivity index (χ2n) is 3.70. The van der Waals surface area contributed by atoms with E-state index in [-0.39, 0.29) is 0 Å². The molecule has 2 rings (SSSR count). The summed E-state index contributed by atoms with van der Waals surface area (Å²) < 4.78 is 5.56. The average Bonchev–Trinajstić information content (AvgIpc) is 2.97. The zero-order valence-corrected chi connectivity index (χ0v) is 8.16. The topological polar surface area (TPSA) is 45.9 Å². The fourth-order valence-electron chi connectivity index (χ4n) is 1.28. The molecular weight excluding hydrogens is 176 g/mol. The molecule has 0 atom stereocenters. The summed E-state index contributed by atoms with van der Waals surface area (Å²) in [6.07, 6.45) is 2.55. The van der Waals surface area contributed by atoms with E-state index in [4.69, 9.17) is 10.00 Å². The maximum Gasteiger partial charge on any atom is 0.144 e. The van der Waals surface area contributed by atoms with E-state index >= 15 is 0 Å². The van der Waals surface area contributed by atoms with E-state index in [1.807, 2.05) is 19.1 Å². The van der Waals surface area contributed by atoms with Gasteiger partial charge in [0.25, 0.3) is 0 Å². The summed E-state index contributed by atoms with van der Waals surface area (Å²) >= 11 is 0. The summed E-state index contributed by atoms with van der Waals surface area (Å²) in [6.45, 7) is 2.64. The molecule has 0 aliphatic heterocycles. The van der Waals surface area contributed by atoms with E-state index in [2.05, 4.69) is 4.98 Å². The lowest BCUT2D eigenvalue weighted by Crippen LogP contribution is -2.00. The highest BCUT2D eigenvalue weighted by Crippen LogP contribution is 2.29. The van der Waals surface area contributed by atoms with Crippen molar-refractivity contribution in [2.75, 3.05) is 6.61 Å². The van der Waals surface area contributed by atoms with Gasteiger partial charge in [0.15, 0.2) is 0 Å². The van der Waals surface area contributed by atoms with Crippen molar-refractivity contribution < 1.29 is 4.74 Å². The number of rotatable bonds is 3. The molecule has 1 saturated carbocycles. The molecule has 0 aromatic carbocycles. The van der Waals surface area contributed by atoms with Crippen LogP contribution in [0.5, 0.6) is 5.75 Å². The fraction of sp³-hybridized carbons (Fsp3) is 0.455. The summed E-state index contributed by atoms with van der Waals surface area (Å²) in [5.41, 5.74) is 1.26. The van der Waals surface area contributed by atoms with E-state index in [0.29, 0.717) is 5.69 Å². The lowest BCUT2D eigenvalue weighted by atomic mass is 10.3. The molecule has 0 amide bonds. The number of pyridine rings is 1. The first-order valence-electron chi connectivity index (χ1n) is 4.79. The van der Waals surface area contributed by atoms with Gasteiger partial charge in [-0.1, -0.05) is 0 Å². The first kappa shape index (κ1) is 9.01. The molecule has 1 aliphatic rings. The van der Waals surface area contributed by atoms with Crippen LogP contribution in [0.3, 0.4) is 0 Å². The van der Waals surface area contributed by atoms with Crippen molar-refractivity contribution >= 4 is 0 Å². The molecule has 72 valence electrons. The van der Waals surface area contributed by atoms with Crippen LogP contribution < -0.4 is 4.74 Å². The Labute approximate surface area is 83.3 Å². The van der Waals surface area contributed by atoms with Crippen LogP contribution in [-0.2, 0) is 0 Å². The molecule has 0 unspecified atom stereocenters. The van der Waals surface area contributed by atoms with E-state index in [9.17, 15) is 0 Å². The molecule has 0 radical (unpaired) electrons. The molecule has 14 heavy (non-hydrogen) atoms. The molecule has 1 aliphatic carbocycles. The summed E-state index contributed by atoms with van der Waals surface area (Å²) in [4.78, 5) is 4.05.